The van der Waals surface area contributed by atoms with E-state index < -0.39 is 0 Å². The van der Waals surface area contributed by atoms with Crippen LogP contribution in [-0.4, -0.2) is 16.9 Å². The van der Waals surface area contributed by atoms with Crippen molar-refractivity contribution in [2.75, 3.05) is 7.05 Å². The van der Waals surface area contributed by atoms with E-state index in [2.05, 4.69) is 87.2 Å². The third-order valence-corrected chi connectivity index (χ3v) is 4.83. The Morgan fingerprint density at radius 3 is 2.65 bits per heavy atom. The molecule has 1 aliphatic heterocycles. The average molecular weight is 306 g/mol. The van der Waals surface area contributed by atoms with E-state index in [0.717, 1.165) is 11.8 Å². The minimum Gasteiger partial charge on any atom is -0.366 e. The summed E-state index contributed by atoms with van der Waals surface area (Å²) >= 11 is 0. The van der Waals surface area contributed by atoms with Gasteiger partial charge in [-0.15, -0.1) is 0 Å². The molecule has 1 aromatic heterocycles. The highest BCUT2D eigenvalue weighted by atomic mass is 15.2. The maximum absolute atomic E-state index is 4.68. The zero-order valence-electron chi connectivity index (χ0n) is 14.8. The van der Waals surface area contributed by atoms with Crippen LogP contribution in [0.15, 0.2) is 36.5 Å². The Bertz CT molecular complexity index is 835. The van der Waals surface area contributed by atoms with Gasteiger partial charge in [-0.2, -0.15) is 0 Å². The van der Waals surface area contributed by atoms with Crippen molar-refractivity contribution in [1.82, 2.24) is 9.88 Å². The molecule has 3 rings (SSSR count). The molecule has 0 aliphatic carbocycles. The molecule has 23 heavy (non-hydrogen) atoms. The van der Waals surface area contributed by atoms with E-state index in [1.54, 1.807) is 0 Å². The molecule has 2 heterocycles. The Morgan fingerprint density at radius 1 is 1.22 bits per heavy atom. The van der Waals surface area contributed by atoms with Gasteiger partial charge in [0.2, 0.25) is 0 Å². The van der Waals surface area contributed by atoms with E-state index in [0.29, 0.717) is 5.92 Å². The van der Waals surface area contributed by atoms with Crippen LogP contribution in [0.1, 0.15) is 37.5 Å². The van der Waals surface area contributed by atoms with Crippen molar-refractivity contribution < 1.29 is 0 Å². The van der Waals surface area contributed by atoms with Crippen molar-refractivity contribution in [3.8, 4) is 0 Å². The molecule has 0 spiro atoms. The molecule has 0 fully saturated rings. The second kappa shape index (κ2) is 5.84. The van der Waals surface area contributed by atoms with Gasteiger partial charge < -0.3 is 4.90 Å². The number of nitrogens with zero attached hydrogens (tertiary/aromatic N) is 2. The molecule has 0 saturated heterocycles. The second-order valence-electron chi connectivity index (χ2n) is 7.26. The van der Waals surface area contributed by atoms with Gasteiger partial charge in [-0.25, -0.2) is 0 Å². The lowest BCUT2D eigenvalue weighted by Crippen LogP contribution is -2.47. The highest BCUT2D eigenvalue weighted by Gasteiger charge is 2.30. The highest BCUT2D eigenvalue weighted by molar-refractivity contribution is 5.53. The number of benzene rings is 1. The van der Waals surface area contributed by atoms with Crippen LogP contribution in [0.25, 0.3) is 12.3 Å². The van der Waals surface area contributed by atoms with E-state index in [-0.39, 0.29) is 5.54 Å². The van der Waals surface area contributed by atoms with Gasteiger partial charge in [0.25, 0.3) is 0 Å². The van der Waals surface area contributed by atoms with Gasteiger partial charge in [-0.05, 0) is 55.0 Å². The quantitative estimate of drug-likeness (QED) is 0.867. The molecule has 0 saturated carbocycles. The van der Waals surface area contributed by atoms with Crippen LogP contribution in [0.2, 0.25) is 0 Å². The minimum atomic E-state index is -0.142. The standard InChI is InChI=1S/C21H26N2/c1-15(2)10-17-11-18-12-21(4,19-9-7-6-8-16(19)3)23(5)14-20(18)22-13-17/h6-9,11-15H,10H2,1-5H3. The molecule has 0 amide bonds. The summed E-state index contributed by atoms with van der Waals surface area (Å²) < 4.78 is 0. The molecule has 1 aliphatic rings. The molecule has 0 N–H and O–H groups in total. The van der Waals surface area contributed by atoms with E-state index in [9.17, 15) is 0 Å². The van der Waals surface area contributed by atoms with Crippen molar-refractivity contribution >= 4 is 12.3 Å². The number of aryl methyl sites for hydroxylation is 1. The van der Waals surface area contributed by atoms with E-state index in [4.69, 9.17) is 0 Å². The third kappa shape index (κ3) is 2.90. The van der Waals surface area contributed by atoms with Crippen LogP contribution < -0.4 is 10.6 Å². The van der Waals surface area contributed by atoms with Crippen LogP contribution >= 0.6 is 0 Å². The van der Waals surface area contributed by atoms with Crippen molar-refractivity contribution in [3.05, 3.63) is 63.8 Å². The van der Waals surface area contributed by atoms with Crippen LogP contribution in [-0.2, 0) is 12.0 Å². The molecule has 2 heteroatoms. The first-order chi connectivity index (χ1) is 10.9. The van der Waals surface area contributed by atoms with Gasteiger partial charge in [-0.1, -0.05) is 38.1 Å². The lowest BCUT2D eigenvalue weighted by Gasteiger charge is -2.39. The lowest BCUT2D eigenvalue weighted by atomic mass is 9.85. The monoisotopic (exact) mass is 306 g/mol. The predicted molar refractivity (Wildman–Crippen MR) is 97.3 cm³/mol. The number of fused-ring (bicyclic) bond motifs is 1. The molecule has 1 unspecified atom stereocenters. The Morgan fingerprint density at radius 2 is 1.96 bits per heavy atom. The van der Waals surface area contributed by atoms with Gasteiger partial charge >= 0.3 is 0 Å². The van der Waals surface area contributed by atoms with Crippen molar-refractivity contribution in [2.45, 2.75) is 39.7 Å². The summed E-state index contributed by atoms with van der Waals surface area (Å²) in [7, 11) is 2.13. The Hall–Kier alpha value is -2.09. The molecule has 2 aromatic rings. The summed E-state index contributed by atoms with van der Waals surface area (Å²) in [6.45, 7) is 8.97. The molecular weight excluding hydrogens is 280 g/mol. The topological polar surface area (TPSA) is 16.1 Å². The van der Waals surface area contributed by atoms with Gasteiger partial charge in [0.1, 0.15) is 0 Å². The fourth-order valence-electron chi connectivity index (χ4n) is 3.48. The first-order valence-corrected chi connectivity index (χ1v) is 8.39. The van der Waals surface area contributed by atoms with Gasteiger partial charge in [0, 0.05) is 24.7 Å². The summed E-state index contributed by atoms with van der Waals surface area (Å²) in [5.41, 5.74) is 3.84. The fraction of sp³-hybridized carbons (Fsp3) is 0.381. The SMILES string of the molecule is Cc1ccccc1C1(C)C=c2cc(CC(C)C)cnc2=CN1C. The molecule has 0 radical (unpaired) electrons. The molecule has 0 bridgehead atoms. The zero-order valence-corrected chi connectivity index (χ0v) is 14.8. The number of aromatic nitrogens is 1. The van der Waals surface area contributed by atoms with Crippen LogP contribution in [0, 0.1) is 12.8 Å². The number of rotatable bonds is 3. The second-order valence-corrected chi connectivity index (χ2v) is 7.26. The predicted octanol–water partition coefficient (Wildman–Crippen LogP) is 2.97. The molecule has 120 valence electrons. The Labute approximate surface area is 139 Å². The van der Waals surface area contributed by atoms with Crippen molar-refractivity contribution in [2.24, 2.45) is 5.92 Å². The Kier molecular flexibility index (Phi) is 4.01. The number of hydrogen-bond donors (Lipinski definition) is 0. The highest BCUT2D eigenvalue weighted by Crippen LogP contribution is 2.32. The first-order valence-electron chi connectivity index (χ1n) is 8.39. The van der Waals surface area contributed by atoms with Crippen LogP contribution in [0.5, 0.6) is 0 Å². The smallest absolute Gasteiger partial charge is 0.0858 e. The van der Waals surface area contributed by atoms with Gasteiger partial charge in [-0.3, -0.25) is 4.98 Å². The summed E-state index contributed by atoms with van der Waals surface area (Å²) in [6.07, 6.45) is 7.63. The van der Waals surface area contributed by atoms with Crippen molar-refractivity contribution in [1.29, 1.82) is 0 Å². The van der Waals surface area contributed by atoms with Gasteiger partial charge in [0.15, 0.2) is 0 Å². The van der Waals surface area contributed by atoms with Crippen molar-refractivity contribution in [3.63, 3.8) is 0 Å². The molecule has 1 aromatic carbocycles. The minimum absolute atomic E-state index is 0.142. The largest absolute Gasteiger partial charge is 0.366 e. The Balaban J connectivity index is 2.16. The number of pyridine rings is 1. The zero-order chi connectivity index (χ0) is 16.6. The molecule has 1 atom stereocenters. The van der Waals surface area contributed by atoms with Crippen LogP contribution in [0.3, 0.4) is 0 Å². The lowest BCUT2D eigenvalue weighted by molar-refractivity contribution is 0.308. The van der Waals surface area contributed by atoms with Gasteiger partial charge in [0.05, 0.1) is 10.9 Å². The fourth-order valence-corrected chi connectivity index (χ4v) is 3.48. The number of hydrogen-bond acceptors (Lipinski definition) is 2. The normalized spacial score (nSPS) is 20.0. The third-order valence-electron chi connectivity index (χ3n) is 4.83. The summed E-state index contributed by atoms with van der Waals surface area (Å²) in [5, 5.41) is 2.30. The van der Waals surface area contributed by atoms with Crippen LogP contribution in [0.4, 0.5) is 0 Å². The summed E-state index contributed by atoms with van der Waals surface area (Å²) in [5.74, 6) is 0.646. The van der Waals surface area contributed by atoms with E-state index in [1.807, 2.05) is 6.20 Å². The summed E-state index contributed by atoms with van der Waals surface area (Å²) in [6, 6.07) is 10.9. The van der Waals surface area contributed by atoms with E-state index >= 15 is 0 Å². The maximum atomic E-state index is 4.68. The average Bonchev–Trinajstić information content (AvgIpc) is 2.48. The maximum Gasteiger partial charge on any atom is 0.0858 e. The molecular formula is C21H26N2. The van der Waals surface area contributed by atoms with E-state index in [1.165, 1.54) is 21.9 Å². The summed E-state index contributed by atoms with van der Waals surface area (Å²) in [4.78, 5) is 6.95. The molecule has 2 nitrogen and oxygen atoms in total. The first kappa shape index (κ1) is 15.8.